The van der Waals surface area contributed by atoms with Crippen molar-refractivity contribution in [3.8, 4) is 5.75 Å². The molecule has 0 aliphatic rings. The molecule has 0 spiro atoms. The number of aromatic nitrogens is 1. The van der Waals surface area contributed by atoms with Crippen LogP contribution in [0.4, 0.5) is 0 Å². The topological polar surface area (TPSA) is 57.5 Å². The molecule has 1 heterocycles. The molecule has 0 fully saturated rings. The lowest BCUT2D eigenvalue weighted by Gasteiger charge is -2.10. The van der Waals surface area contributed by atoms with Crippen molar-refractivity contribution >= 4 is 22.7 Å². The number of esters is 1. The lowest BCUT2D eigenvalue weighted by molar-refractivity contribution is -0.145. The van der Waals surface area contributed by atoms with Gasteiger partial charge in [0.1, 0.15) is 5.75 Å². The number of carbonyl (C=O) groups excluding carboxylic acids is 2. The van der Waals surface area contributed by atoms with E-state index in [2.05, 4.69) is 16.7 Å². The van der Waals surface area contributed by atoms with Crippen molar-refractivity contribution in [1.29, 1.82) is 0 Å². The van der Waals surface area contributed by atoms with Crippen molar-refractivity contribution in [2.45, 2.75) is 27.3 Å². The first kappa shape index (κ1) is 18.7. The summed E-state index contributed by atoms with van der Waals surface area (Å²) < 4.78 is 12.7. The SMILES string of the molecule is CCOC(=O)COc1cccc2c1c(C(C)=O)c(C)n2Cc1ccccc1. The number of fused-ring (bicyclic) bond motifs is 1. The molecule has 1 aromatic heterocycles. The number of ketones is 1. The van der Waals surface area contributed by atoms with Gasteiger partial charge in [-0.15, -0.1) is 0 Å². The monoisotopic (exact) mass is 365 g/mol. The van der Waals surface area contributed by atoms with Gasteiger partial charge in [0.25, 0.3) is 0 Å². The average Bonchev–Trinajstić information content (AvgIpc) is 2.94. The molecule has 0 radical (unpaired) electrons. The minimum atomic E-state index is -0.431. The first-order valence-electron chi connectivity index (χ1n) is 8.98. The molecule has 0 saturated heterocycles. The van der Waals surface area contributed by atoms with Crippen LogP contribution in [0.5, 0.6) is 5.75 Å². The molecule has 0 N–H and O–H groups in total. The molecular formula is C22H23NO4. The van der Waals surface area contributed by atoms with E-state index in [9.17, 15) is 9.59 Å². The van der Waals surface area contributed by atoms with Crippen molar-refractivity contribution in [3.63, 3.8) is 0 Å². The lowest BCUT2D eigenvalue weighted by atomic mass is 10.1. The molecular weight excluding hydrogens is 342 g/mol. The van der Waals surface area contributed by atoms with Gasteiger partial charge in [-0.25, -0.2) is 4.79 Å². The third-order valence-corrected chi connectivity index (χ3v) is 4.50. The van der Waals surface area contributed by atoms with E-state index in [1.807, 2.05) is 37.3 Å². The van der Waals surface area contributed by atoms with Gasteiger partial charge in [-0.1, -0.05) is 36.4 Å². The summed E-state index contributed by atoms with van der Waals surface area (Å²) >= 11 is 0. The van der Waals surface area contributed by atoms with Crippen LogP contribution in [0, 0.1) is 6.92 Å². The molecule has 5 nitrogen and oxygen atoms in total. The zero-order valence-corrected chi connectivity index (χ0v) is 15.8. The predicted octanol–water partition coefficient (Wildman–Crippen LogP) is 4.14. The van der Waals surface area contributed by atoms with E-state index in [4.69, 9.17) is 9.47 Å². The van der Waals surface area contributed by atoms with Gasteiger partial charge in [-0.05, 0) is 38.5 Å². The summed E-state index contributed by atoms with van der Waals surface area (Å²) in [6.07, 6.45) is 0. The fraction of sp³-hybridized carbons (Fsp3) is 0.273. The van der Waals surface area contributed by atoms with Gasteiger partial charge in [0.05, 0.1) is 17.5 Å². The van der Waals surface area contributed by atoms with Gasteiger partial charge in [0.2, 0.25) is 0 Å². The van der Waals surface area contributed by atoms with E-state index in [1.54, 1.807) is 19.9 Å². The molecule has 0 aliphatic carbocycles. The third kappa shape index (κ3) is 3.87. The number of rotatable bonds is 7. The fourth-order valence-corrected chi connectivity index (χ4v) is 3.35. The number of benzene rings is 2. The maximum Gasteiger partial charge on any atom is 0.344 e. The summed E-state index contributed by atoms with van der Waals surface area (Å²) in [5.74, 6) is 0.0523. The highest BCUT2D eigenvalue weighted by Gasteiger charge is 2.21. The smallest absolute Gasteiger partial charge is 0.344 e. The Morgan fingerprint density at radius 1 is 1.04 bits per heavy atom. The Hall–Kier alpha value is -3.08. The van der Waals surface area contributed by atoms with Crippen molar-refractivity contribution in [2.24, 2.45) is 0 Å². The van der Waals surface area contributed by atoms with Gasteiger partial charge in [-0.2, -0.15) is 0 Å². The first-order chi connectivity index (χ1) is 13.0. The highest BCUT2D eigenvalue weighted by Crippen LogP contribution is 2.34. The number of hydrogen-bond acceptors (Lipinski definition) is 4. The number of nitrogens with zero attached hydrogens (tertiary/aromatic N) is 1. The van der Waals surface area contributed by atoms with Gasteiger partial charge >= 0.3 is 5.97 Å². The Labute approximate surface area is 158 Å². The van der Waals surface area contributed by atoms with Gasteiger partial charge < -0.3 is 14.0 Å². The second-order valence-corrected chi connectivity index (χ2v) is 6.33. The van der Waals surface area contributed by atoms with Crippen LogP contribution in [-0.2, 0) is 16.1 Å². The van der Waals surface area contributed by atoms with E-state index in [0.717, 1.165) is 22.2 Å². The van der Waals surface area contributed by atoms with E-state index in [1.165, 1.54) is 0 Å². The van der Waals surface area contributed by atoms with Crippen molar-refractivity contribution < 1.29 is 19.1 Å². The molecule has 0 atom stereocenters. The number of Topliss-reactive ketones (excluding diaryl/α,β-unsaturated/α-hetero) is 1. The van der Waals surface area contributed by atoms with Crippen LogP contribution in [0.3, 0.4) is 0 Å². The minimum absolute atomic E-state index is 0.0310. The quantitative estimate of drug-likeness (QED) is 0.466. The van der Waals surface area contributed by atoms with Gasteiger partial charge in [0, 0.05) is 17.8 Å². The van der Waals surface area contributed by atoms with E-state index in [0.29, 0.717) is 24.5 Å². The van der Waals surface area contributed by atoms with E-state index >= 15 is 0 Å². The van der Waals surface area contributed by atoms with Crippen LogP contribution in [0.15, 0.2) is 48.5 Å². The third-order valence-electron chi connectivity index (χ3n) is 4.50. The van der Waals surface area contributed by atoms with Crippen LogP contribution in [0.1, 0.15) is 35.5 Å². The second-order valence-electron chi connectivity index (χ2n) is 6.33. The Morgan fingerprint density at radius 3 is 2.44 bits per heavy atom. The summed E-state index contributed by atoms with van der Waals surface area (Å²) in [6.45, 7) is 6.01. The zero-order chi connectivity index (χ0) is 19.4. The summed E-state index contributed by atoms with van der Waals surface area (Å²) in [5, 5.41) is 0.739. The molecule has 3 rings (SSSR count). The largest absolute Gasteiger partial charge is 0.481 e. The Bertz CT molecular complexity index is 973. The van der Waals surface area contributed by atoms with Gasteiger partial charge in [0.15, 0.2) is 12.4 Å². The molecule has 0 amide bonds. The van der Waals surface area contributed by atoms with Crippen molar-refractivity contribution in [1.82, 2.24) is 4.57 Å². The van der Waals surface area contributed by atoms with Crippen LogP contribution < -0.4 is 4.74 Å². The van der Waals surface area contributed by atoms with Crippen molar-refractivity contribution in [3.05, 3.63) is 65.4 Å². The standard InChI is InChI=1S/C22H23NO4/c1-4-26-20(25)14-27-19-12-8-11-18-22(19)21(16(3)24)15(2)23(18)13-17-9-6-5-7-10-17/h5-12H,4,13-14H2,1-3H3. The molecule has 3 aromatic rings. The van der Waals surface area contributed by atoms with Gasteiger partial charge in [-0.3, -0.25) is 4.79 Å². The maximum atomic E-state index is 12.4. The summed E-state index contributed by atoms with van der Waals surface area (Å²) in [4.78, 5) is 24.0. The second kappa shape index (κ2) is 8.08. The molecule has 27 heavy (non-hydrogen) atoms. The number of ether oxygens (including phenoxy) is 2. The maximum absolute atomic E-state index is 12.4. The Kier molecular flexibility index (Phi) is 5.60. The summed E-state index contributed by atoms with van der Waals surface area (Å²) in [5.41, 5.74) is 3.56. The van der Waals surface area contributed by atoms with Crippen LogP contribution in [0.2, 0.25) is 0 Å². The van der Waals surface area contributed by atoms with Crippen LogP contribution >= 0.6 is 0 Å². The Balaban J connectivity index is 2.07. The fourth-order valence-electron chi connectivity index (χ4n) is 3.35. The van der Waals surface area contributed by atoms with Crippen LogP contribution in [0.25, 0.3) is 10.9 Å². The summed E-state index contributed by atoms with van der Waals surface area (Å²) in [6, 6.07) is 15.7. The number of hydrogen-bond donors (Lipinski definition) is 0. The molecule has 2 aromatic carbocycles. The lowest BCUT2D eigenvalue weighted by Crippen LogP contribution is -2.14. The molecule has 0 saturated carbocycles. The Morgan fingerprint density at radius 2 is 1.78 bits per heavy atom. The van der Waals surface area contributed by atoms with Crippen molar-refractivity contribution in [2.75, 3.05) is 13.2 Å². The summed E-state index contributed by atoms with van der Waals surface area (Å²) in [7, 11) is 0. The highest BCUT2D eigenvalue weighted by molar-refractivity contribution is 6.10. The number of carbonyl (C=O) groups is 2. The molecule has 5 heteroatoms. The first-order valence-corrected chi connectivity index (χ1v) is 8.98. The van der Waals surface area contributed by atoms with Crippen LogP contribution in [-0.4, -0.2) is 29.5 Å². The predicted molar refractivity (Wildman–Crippen MR) is 104 cm³/mol. The molecule has 140 valence electrons. The van der Waals surface area contributed by atoms with E-state index in [-0.39, 0.29) is 12.4 Å². The minimum Gasteiger partial charge on any atom is -0.481 e. The average molecular weight is 365 g/mol. The van der Waals surface area contributed by atoms with E-state index < -0.39 is 5.97 Å². The molecule has 0 aliphatic heterocycles. The zero-order valence-electron chi connectivity index (χ0n) is 15.8. The normalized spacial score (nSPS) is 10.8. The molecule has 0 unspecified atom stereocenters. The molecule has 0 bridgehead atoms. The highest BCUT2D eigenvalue weighted by atomic mass is 16.6.